The largest absolute Gasteiger partial charge is 0.372 e. The normalized spacial score (nSPS) is 16.1. The fraction of sp³-hybridized carbons (Fsp3) is 0.240. The van der Waals surface area contributed by atoms with Crippen LogP contribution in [0.25, 0.3) is 5.57 Å². The Bertz CT molecular complexity index is 900. The Morgan fingerprint density at radius 1 is 0.741 bits per heavy atom. The summed E-state index contributed by atoms with van der Waals surface area (Å²) in [6, 6.07) is 19.8. The van der Waals surface area contributed by atoms with Gasteiger partial charge in [-0.15, -0.1) is 0 Å². The van der Waals surface area contributed by atoms with E-state index in [1.54, 1.807) is 0 Å². The first-order valence-electron chi connectivity index (χ1n) is 9.78. The number of anilines is 1. The van der Waals surface area contributed by atoms with Crippen LogP contribution in [0.5, 0.6) is 0 Å². The SMILES string of the molecule is C[N+](C)=C1C=CC(=C(c2ccccc2)c2ccc(N3CCCC3)cc2)C=C1. The molecule has 2 heteroatoms. The van der Waals surface area contributed by atoms with Gasteiger partial charge in [0.2, 0.25) is 0 Å². The molecular formula is C25H27N2+. The third-order valence-corrected chi connectivity index (χ3v) is 5.36. The third-order valence-electron chi connectivity index (χ3n) is 5.36. The van der Waals surface area contributed by atoms with Crippen molar-refractivity contribution in [2.45, 2.75) is 12.8 Å². The lowest BCUT2D eigenvalue weighted by Crippen LogP contribution is -2.17. The second kappa shape index (κ2) is 7.79. The molecule has 1 aliphatic heterocycles. The minimum Gasteiger partial charge on any atom is -0.372 e. The summed E-state index contributed by atoms with van der Waals surface area (Å²) in [4.78, 5) is 2.48. The summed E-state index contributed by atoms with van der Waals surface area (Å²) >= 11 is 0. The van der Waals surface area contributed by atoms with E-state index in [4.69, 9.17) is 0 Å². The molecule has 2 aromatic carbocycles. The molecule has 0 aromatic heterocycles. The Labute approximate surface area is 162 Å². The fourth-order valence-corrected chi connectivity index (χ4v) is 3.85. The number of allylic oxidation sites excluding steroid dienone is 5. The van der Waals surface area contributed by atoms with Crippen molar-refractivity contribution >= 4 is 17.0 Å². The highest BCUT2D eigenvalue weighted by Gasteiger charge is 2.15. The number of benzene rings is 2. The first-order valence-corrected chi connectivity index (χ1v) is 9.78. The quantitative estimate of drug-likeness (QED) is 0.708. The van der Waals surface area contributed by atoms with Crippen molar-refractivity contribution in [1.29, 1.82) is 0 Å². The average Bonchev–Trinajstić information content (AvgIpc) is 3.25. The zero-order chi connectivity index (χ0) is 18.6. The van der Waals surface area contributed by atoms with Crippen LogP contribution in [0.2, 0.25) is 0 Å². The van der Waals surface area contributed by atoms with Gasteiger partial charge in [0.1, 0.15) is 14.1 Å². The highest BCUT2D eigenvalue weighted by Crippen LogP contribution is 2.31. The molecule has 0 unspecified atom stereocenters. The van der Waals surface area contributed by atoms with Gasteiger partial charge < -0.3 is 4.90 Å². The van der Waals surface area contributed by atoms with Crippen LogP contribution < -0.4 is 4.90 Å². The molecule has 1 aliphatic carbocycles. The van der Waals surface area contributed by atoms with Crippen molar-refractivity contribution in [2.24, 2.45) is 0 Å². The van der Waals surface area contributed by atoms with Crippen molar-refractivity contribution < 1.29 is 4.58 Å². The van der Waals surface area contributed by atoms with Gasteiger partial charge in [0, 0.05) is 30.9 Å². The van der Waals surface area contributed by atoms with Gasteiger partial charge in [-0.3, -0.25) is 0 Å². The van der Waals surface area contributed by atoms with Gasteiger partial charge in [-0.2, -0.15) is 0 Å². The summed E-state index contributed by atoms with van der Waals surface area (Å²) in [5.41, 5.74) is 7.61. The Kier molecular flexibility index (Phi) is 5.06. The van der Waals surface area contributed by atoms with Crippen molar-refractivity contribution in [2.75, 3.05) is 32.1 Å². The van der Waals surface area contributed by atoms with Crippen molar-refractivity contribution in [3.8, 4) is 0 Å². The minimum absolute atomic E-state index is 1.18. The maximum atomic E-state index is 2.48. The Hall–Kier alpha value is -2.87. The third kappa shape index (κ3) is 3.80. The second-order valence-corrected chi connectivity index (χ2v) is 7.42. The van der Waals surface area contributed by atoms with E-state index in [2.05, 4.69) is 102 Å². The number of hydrogen-bond donors (Lipinski definition) is 0. The van der Waals surface area contributed by atoms with Gasteiger partial charge in [-0.05, 0) is 59.4 Å². The maximum Gasteiger partial charge on any atom is 0.199 e. The van der Waals surface area contributed by atoms with Crippen LogP contribution in [-0.2, 0) is 0 Å². The Balaban J connectivity index is 1.76. The van der Waals surface area contributed by atoms with Gasteiger partial charge >= 0.3 is 0 Å². The van der Waals surface area contributed by atoms with Crippen LogP contribution in [0.4, 0.5) is 5.69 Å². The van der Waals surface area contributed by atoms with E-state index in [-0.39, 0.29) is 0 Å². The first kappa shape index (κ1) is 17.5. The Morgan fingerprint density at radius 2 is 1.33 bits per heavy atom. The van der Waals surface area contributed by atoms with E-state index in [1.165, 1.54) is 59.6 Å². The molecule has 4 rings (SSSR count). The zero-order valence-corrected chi connectivity index (χ0v) is 16.2. The topological polar surface area (TPSA) is 6.25 Å². The lowest BCUT2D eigenvalue weighted by Gasteiger charge is -2.19. The predicted molar refractivity (Wildman–Crippen MR) is 116 cm³/mol. The monoisotopic (exact) mass is 355 g/mol. The number of nitrogens with zero attached hydrogens (tertiary/aromatic N) is 2. The molecule has 0 radical (unpaired) electrons. The molecular weight excluding hydrogens is 328 g/mol. The maximum absolute atomic E-state index is 2.48. The highest BCUT2D eigenvalue weighted by atomic mass is 15.1. The van der Waals surface area contributed by atoms with Gasteiger partial charge in [0.25, 0.3) is 0 Å². The molecule has 0 amide bonds. The molecule has 2 aliphatic rings. The van der Waals surface area contributed by atoms with E-state index < -0.39 is 0 Å². The Morgan fingerprint density at radius 3 is 1.93 bits per heavy atom. The zero-order valence-electron chi connectivity index (χ0n) is 16.2. The fourth-order valence-electron chi connectivity index (χ4n) is 3.85. The average molecular weight is 356 g/mol. The molecule has 2 nitrogen and oxygen atoms in total. The molecule has 1 heterocycles. The minimum atomic E-state index is 1.18. The van der Waals surface area contributed by atoms with Gasteiger partial charge in [0.15, 0.2) is 5.71 Å². The first-order chi connectivity index (χ1) is 13.2. The van der Waals surface area contributed by atoms with Crippen LogP contribution in [0.1, 0.15) is 24.0 Å². The second-order valence-electron chi connectivity index (χ2n) is 7.42. The van der Waals surface area contributed by atoms with Gasteiger partial charge in [0.05, 0.1) is 0 Å². The summed E-state index contributed by atoms with van der Waals surface area (Å²) in [6.45, 7) is 2.36. The molecule has 0 N–H and O–H groups in total. The molecule has 136 valence electrons. The van der Waals surface area contributed by atoms with E-state index in [1.807, 2.05) is 0 Å². The van der Waals surface area contributed by atoms with E-state index >= 15 is 0 Å². The van der Waals surface area contributed by atoms with Crippen LogP contribution in [0, 0.1) is 0 Å². The standard InChI is InChI=1S/C25H27N2/c1-26(2)23-14-10-21(11-15-23)25(20-8-4-3-5-9-20)22-12-16-24(17-13-22)27-18-6-7-19-27/h3-5,8-17H,6-7,18-19H2,1-2H3/q+1. The van der Waals surface area contributed by atoms with Crippen molar-refractivity contribution in [1.82, 2.24) is 0 Å². The summed E-state index contributed by atoms with van der Waals surface area (Å²) in [7, 11) is 4.15. The number of hydrogen-bond acceptors (Lipinski definition) is 1. The molecule has 0 atom stereocenters. The number of rotatable bonds is 3. The molecule has 0 saturated carbocycles. The lowest BCUT2D eigenvalue weighted by atomic mass is 9.90. The molecule has 2 aromatic rings. The molecule has 0 bridgehead atoms. The van der Waals surface area contributed by atoms with Gasteiger partial charge in [-0.1, -0.05) is 42.5 Å². The van der Waals surface area contributed by atoms with Crippen LogP contribution in [0.3, 0.4) is 0 Å². The lowest BCUT2D eigenvalue weighted by molar-refractivity contribution is -0.462. The van der Waals surface area contributed by atoms with E-state index in [9.17, 15) is 0 Å². The summed E-state index contributed by atoms with van der Waals surface area (Å²) in [6.07, 6.45) is 11.5. The smallest absolute Gasteiger partial charge is 0.199 e. The van der Waals surface area contributed by atoms with Crippen LogP contribution in [0.15, 0.2) is 84.5 Å². The van der Waals surface area contributed by atoms with Gasteiger partial charge in [-0.25, -0.2) is 4.58 Å². The van der Waals surface area contributed by atoms with Crippen molar-refractivity contribution in [3.05, 3.63) is 95.6 Å². The van der Waals surface area contributed by atoms with Crippen LogP contribution in [-0.4, -0.2) is 37.5 Å². The summed E-state index contributed by atoms with van der Waals surface area (Å²) < 4.78 is 2.14. The predicted octanol–water partition coefficient (Wildman–Crippen LogP) is 4.93. The van der Waals surface area contributed by atoms with E-state index in [0.29, 0.717) is 0 Å². The summed E-state index contributed by atoms with van der Waals surface area (Å²) in [5, 5.41) is 0. The molecule has 1 fully saturated rings. The molecule has 0 spiro atoms. The van der Waals surface area contributed by atoms with Crippen molar-refractivity contribution in [3.63, 3.8) is 0 Å². The summed E-state index contributed by atoms with van der Waals surface area (Å²) in [5.74, 6) is 0. The van der Waals surface area contributed by atoms with Crippen LogP contribution >= 0.6 is 0 Å². The molecule has 1 saturated heterocycles. The highest BCUT2D eigenvalue weighted by molar-refractivity contribution is 6.03. The van der Waals surface area contributed by atoms with E-state index in [0.717, 1.165) is 0 Å². The molecule has 27 heavy (non-hydrogen) atoms.